The molecule has 0 fully saturated rings. The summed E-state index contributed by atoms with van der Waals surface area (Å²) in [5.41, 5.74) is 1.15. The summed E-state index contributed by atoms with van der Waals surface area (Å²) in [5.74, 6) is 0.287. The molecule has 3 atom stereocenters. The highest BCUT2D eigenvalue weighted by molar-refractivity contribution is 8.04. The van der Waals surface area contributed by atoms with Crippen molar-refractivity contribution in [3.63, 3.8) is 0 Å². The standard InChI is InChI=1S/C11H12OS2/c1-6-5-8-9(12)7-3-4-13-10(7)11(8,2)14-6/h3-5,8-9,12H,1-2H3. The van der Waals surface area contributed by atoms with Crippen LogP contribution in [0.2, 0.25) is 0 Å². The maximum absolute atomic E-state index is 10.2. The summed E-state index contributed by atoms with van der Waals surface area (Å²) in [6.07, 6.45) is 1.94. The summed E-state index contributed by atoms with van der Waals surface area (Å²) in [6, 6.07) is 2.07. The molecule has 1 aliphatic carbocycles. The number of aliphatic hydroxyl groups is 1. The monoisotopic (exact) mass is 224 g/mol. The van der Waals surface area contributed by atoms with Crippen molar-refractivity contribution in [2.75, 3.05) is 0 Å². The minimum Gasteiger partial charge on any atom is -0.388 e. The molecule has 0 saturated heterocycles. The summed E-state index contributed by atoms with van der Waals surface area (Å²) < 4.78 is 0.104. The molecular formula is C11H12OS2. The molecule has 3 unspecified atom stereocenters. The number of fused-ring (bicyclic) bond motifs is 3. The Morgan fingerprint density at radius 1 is 1.50 bits per heavy atom. The zero-order valence-corrected chi connectivity index (χ0v) is 9.78. The highest BCUT2D eigenvalue weighted by Gasteiger charge is 2.52. The van der Waals surface area contributed by atoms with Crippen LogP contribution in [-0.4, -0.2) is 5.11 Å². The van der Waals surface area contributed by atoms with Gasteiger partial charge in [-0.15, -0.1) is 23.1 Å². The van der Waals surface area contributed by atoms with E-state index < -0.39 is 0 Å². The van der Waals surface area contributed by atoms with Gasteiger partial charge in [0.25, 0.3) is 0 Å². The second-order valence-electron chi connectivity index (χ2n) is 4.16. The lowest BCUT2D eigenvalue weighted by molar-refractivity contribution is 0.133. The average Bonchev–Trinajstić information content (AvgIpc) is 2.72. The predicted molar refractivity (Wildman–Crippen MR) is 61.5 cm³/mol. The molecular weight excluding hydrogens is 212 g/mol. The van der Waals surface area contributed by atoms with Crippen molar-refractivity contribution in [1.82, 2.24) is 0 Å². The normalized spacial score (nSPS) is 39.5. The largest absolute Gasteiger partial charge is 0.388 e. The lowest BCUT2D eigenvalue weighted by Gasteiger charge is -2.24. The van der Waals surface area contributed by atoms with E-state index in [-0.39, 0.29) is 16.8 Å². The summed E-state index contributed by atoms with van der Waals surface area (Å²) in [6.45, 7) is 4.38. The third-order valence-corrected chi connectivity index (χ3v) is 5.88. The minimum absolute atomic E-state index is 0.104. The fourth-order valence-corrected chi connectivity index (χ4v) is 5.33. The second-order valence-corrected chi connectivity index (χ2v) is 6.77. The van der Waals surface area contributed by atoms with Crippen LogP contribution in [0.15, 0.2) is 22.4 Å². The highest BCUT2D eigenvalue weighted by atomic mass is 32.2. The number of rotatable bonds is 0. The first-order valence-electron chi connectivity index (χ1n) is 4.76. The maximum atomic E-state index is 10.2. The molecule has 14 heavy (non-hydrogen) atoms. The van der Waals surface area contributed by atoms with E-state index in [1.807, 2.05) is 11.8 Å². The van der Waals surface area contributed by atoms with E-state index in [1.54, 1.807) is 11.3 Å². The van der Waals surface area contributed by atoms with Gasteiger partial charge >= 0.3 is 0 Å². The molecule has 0 aromatic carbocycles. The predicted octanol–water partition coefficient (Wildman–Crippen LogP) is 3.28. The Balaban J connectivity index is 2.18. The number of allylic oxidation sites excluding steroid dienone is 1. The van der Waals surface area contributed by atoms with Gasteiger partial charge in [0.05, 0.1) is 10.9 Å². The average molecular weight is 224 g/mol. The Kier molecular flexibility index (Phi) is 1.71. The molecule has 1 aliphatic heterocycles. The fraction of sp³-hybridized carbons (Fsp3) is 0.455. The third kappa shape index (κ3) is 0.904. The molecule has 74 valence electrons. The van der Waals surface area contributed by atoms with Gasteiger partial charge in [-0.3, -0.25) is 0 Å². The third-order valence-electron chi connectivity index (χ3n) is 3.23. The summed E-state index contributed by atoms with van der Waals surface area (Å²) >= 11 is 3.68. The second kappa shape index (κ2) is 2.65. The van der Waals surface area contributed by atoms with Gasteiger partial charge in [0.1, 0.15) is 0 Å². The van der Waals surface area contributed by atoms with Gasteiger partial charge < -0.3 is 5.11 Å². The van der Waals surface area contributed by atoms with E-state index in [4.69, 9.17) is 0 Å². The zero-order chi connectivity index (χ0) is 9.92. The Morgan fingerprint density at radius 2 is 2.29 bits per heavy atom. The Labute approximate surface area is 91.8 Å². The van der Waals surface area contributed by atoms with Crippen LogP contribution in [0.25, 0.3) is 0 Å². The van der Waals surface area contributed by atoms with Crippen LogP contribution in [-0.2, 0) is 4.75 Å². The van der Waals surface area contributed by atoms with Crippen LogP contribution in [0.4, 0.5) is 0 Å². The molecule has 0 radical (unpaired) electrons. The van der Waals surface area contributed by atoms with Gasteiger partial charge in [0, 0.05) is 10.8 Å². The van der Waals surface area contributed by atoms with Gasteiger partial charge in [0.2, 0.25) is 0 Å². The number of thiophene rings is 1. The molecule has 1 N–H and O–H groups in total. The quantitative estimate of drug-likeness (QED) is 0.730. The topological polar surface area (TPSA) is 20.2 Å². The highest BCUT2D eigenvalue weighted by Crippen LogP contribution is 2.63. The van der Waals surface area contributed by atoms with Crippen molar-refractivity contribution in [1.29, 1.82) is 0 Å². The van der Waals surface area contributed by atoms with Crippen molar-refractivity contribution in [3.05, 3.63) is 32.9 Å². The molecule has 2 aliphatic rings. The van der Waals surface area contributed by atoms with Crippen LogP contribution >= 0.6 is 23.1 Å². The lowest BCUT2D eigenvalue weighted by atomic mass is 9.95. The van der Waals surface area contributed by atoms with Gasteiger partial charge in [0.15, 0.2) is 0 Å². The molecule has 3 heteroatoms. The van der Waals surface area contributed by atoms with Crippen LogP contribution < -0.4 is 0 Å². The molecule has 0 saturated carbocycles. The summed E-state index contributed by atoms with van der Waals surface area (Å²) in [4.78, 5) is 2.71. The van der Waals surface area contributed by atoms with Crippen molar-refractivity contribution in [2.24, 2.45) is 5.92 Å². The molecule has 1 nitrogen and oxygen atoms in total. The van der Waals surface area contributed by atoms with Crippen molar-refractivity contribution >= 4 is 23.1 Å². The van der Waals surface area contributed by atoms with E-state index in [0.29, 0.717) is 0 Å². The molecule has 2 heterocycles. The van der Waals surface area contributed by atoms with Crippen LogP contribution in [0, 0.1) is 5.92 Å². The lowest BCUT2D eigenvalue weighted by Crippen LogP contribution is -2.20. The van der Waals surface area contributed by atoms with E-state index >= 15 is 0 Å². The number of aliphatic hydroxyl groups excluding tert-OH is 1. The smallest absolute Gasteiger partial charge is 0.0881 e. The van der Waals surface area contributed by atoms with Crippen LogP contribution in [0.3, 0.4) is 0 Å². The Morgan fingerprint density at radius 3 is 3.07 bits per heavy atom. The minimum atomic E-state index is -0.286. The molecule has 0 amide bonds. The van der Waals surface area contributed by atoms with Crippen LogP contribution in [0.1, 0.15) is 30.4 Å². The van der Waals surface area contributed by atoms with E-state index in [0.717, 1.165) is 5.56 Å². The first-order chi connectivity index (χ1) is 6.63. The number of thioether (sulfide) groups is 1. The van der Waals surface area contributed by atoms with E-state index in [9.17, 15) is 5.11 Å². The summed E-state index contributed by atoms with van der Waals surface area (Å²) in [5, 5.41) is 12.3. The van der Waals surface area contributed by atoms with Crippen molar-refractivity contribution in [2.45, 2.75) is 24.7 Å². The SMILES string of the molecule is CC1=CC2C(O)c3ccsc3C2(C)S1. The van der Waals surface area contributed by atoms with Gasteiger partial charge in [-0.25, -0.2) is 0 Å². The number of hydrogen-bond donors (Lipinski definition) is 1. The fourth-order valence-electron chi connectivity index (χ4n) is 2.59. The molecule has 3 rings (SSSR count). The van der Waals surface area contributed by atoms with Gasteiger partial charge in [-0.05, 0) is 35.8 Å². The molecule has 1 aromatic heterocycles. The van der Waals surface area contributed by atoms with Crippen molar-refractivity contribution < 1.29 is 5.11 Å². The molecule has 0 bridgehead atoms. The number of hydrogen-bond acceptors (Lipinski definition) is 3. The van der Waals surface area contributed by atoms with Gasteiger partial charge in [-0.1, -0.05) is 6.08 Å². The van der Waals surface area contributed by atoms with E-state index in [2.05, 4.69) is 31.4 Å². The zero-order valence-electron chi connectivity index (χ0n) is 8.15. The first-order valence-corrected chi connectivity index (χ1v) is 6.46. The van der Waals surface area contributed by atoms with Crippen LogP contribution in [0.5, 0.6) is 0 Å². The van der Waals surface area contributed by atoms with Gasteiger partial charge in [-0.2, -0.15) is 0 Å². The molecule has 1 aromatic rings. The van der Waals surface area contributed by atoms with E-state index in [1.165, 1.54) is 9.78 Å². The first kappa shape index (κ1) is 9.01. The summed E-state index contributed by atoms with van der Waals surface area (Å²) in [7, 11) is 0. The Bertz CT molecular complexity index is 421. The van der Waals surface area contributed by atoms with Crippen molar-refractivity contribution in [3.8, 4) is 0 Å². The Hall–Kier alpha value is -0.250. The maximum Gasteiger partial charge on any atom is 0.0881 e. The molecule has 0 spiro atoms.